The van der Waals surface area contributed by atoms with Crippen LogP contribution >= 0.6 is 11.6 Å². The normalized spacial score (nSPS) is 10.5. The first kappa shape index (κ1) is 24.3. The van der Waals surface area contributed by atoms with E-state index in [2.05, 4.69) is 15.8 Å². The highest BCUT2D eigenvalue weighted by atomic mass is 35.5. The van der Waals surface area contributed by atoms with E-state index in [-0.39, 0.29) is 12.2 Å². The summed E-state index contributed by atoms with van der Waals surface area (Å²) in [5.41, 5.74) is 9.35. The summed E-state index contributed by atoms with van der Waals surface area (Å²) >= 11 is 6.15. The number of benzene rings is 3. The summed E-state index contributed by atoms with van der Waals surface area (Å²) in [6.07, 6.45) is 1.35. The van der Waals surface area contributed by atoms with Gasteiger partial charge in [-0.1, -0.05) is 29.8 Å². The molecule has 0 aliphatic carbocycles. The van der Waals surface area contributed by atoms with E-state index in [1.807, 2.05) is 18.2 Å². The van der Waals surface area contributed by atoms with E-state index in [0.29, 0.717) is 27.8 Å². The highest BCUT2D eigenvalue weighted by Crippen LogP contribution is 2.29. The minimum Gasteiger partial charge on any atom is -0.493 e. The molecule has 0 saturated carbocycles. The third-order valence-corrected chi connectivity index (χ3v) is 4.91. The predicted octanol–water partition coefficient (Wildman–Crippen LogP) is 3.12. The van der Waals surface area contributed by atoms with Crippen LogP contribution < -0.4 is 25.9 Å². The number of hydrogen-bond donors (Lipinski definition) is 3. The number of primary amides is 1. The number of amides is 3. The van der Waals surface area contributed by atoms with Crippen LogP contribution in [0, 0.1) is 0 Å². The molecule has 9 nitrogen and oxygen atoms in total. The highest BCUT2D eigenvalue weighted by Gasteiger charge is 2.13. The van der Waals surface area contributed by atoms with Crippen LogP contribution in [0.15, 0.2) is 71.8 Å². The van der Waals surface area contributed by atoms with E-state index in [4.69, 9.17) is 26.8 Å². The number of hydrazone groups is 1. The van der Waals surface area contributed by atoms with Gasteiger partial charge in [-0.2, -0.15) is 5.10 Å². The van der Waals surface area contributed by atoms with E-state index >= 15 is 0 Å². The van der Waals surface area contributed by atoms with E-state index in [0.717, 1.165) is 5.56 Å². The minimum absolute atomic E-state index is 0.264. The Morgan fingerprint density at radius 3 is 2.41 bits per heavy atom. The van der Waals surface area contributed by atoms with Gasteiger partial charge in [-0.3, -0.25) is 14.4 Å². The Morgan fingerprint density at radius 2 is 1.74 bits per heavy atom. The molecule has 3 amide bonds. The monoisotopic (exact) mass is 480 g/mol. The van der Waals surface area contributed by atoms with E-state index in [1.54, 1.807) is 24.3 Å². The SMILES string of the molecule is COc1cc(/C=N/NC(=O)C(=O)Nc2ccc(C(N)=O)cc2)ccc1OCc1ccccc1Cl. The molecule has 0 bridgehead atoms. The first-order valence-electron chi connectivity index (χ1n) is 9.96. The quantitative estimate of drug-likeness (QED) is 0.259. The second-order valence-electron chi connectivity index (χ2n) is 6.89. The first-order valence-corrected chi connectivity index (χ1v) is 10.3. The molecule has 0 spiro atoms. The van der Waals surface area contributed by atoms with Crippen LogP contribution in [0.1, 0.15) is 21.5 Å². The van der Waals surface area contributed by atoms with E-state index in [9.17, 15) is 14.4 Å². The van der Waals surface area contributed by atoms with Crippen LogP contribution in [0.3, 0.4) is 0 Å². The molecule has 174 valence electrons. The zero-order chi connectivity index (χ0) is 24.5. The smallest absolute Gasteiger partial charge is 0.329 e. The van der Waals surface area contributed by atoms with Gasteiger partial charge in [-0.05, 0) is 54.1 Å². The fourth-order valence-corrected chi connectivity index (χ4v) is 2.97. The van der Waals surface area contributed by atoms with Crippen molar-refractivity contribution >= 4 is 41.2 Å². The van der Waals surface area contributed by atoms with Crippen molar-refractivity contribution in [3.8, 4) is 11.5 Å². The predicted molar refractivity (Wildman–Crippen MR) is 128 cm³/mol. The second-order valence-corrected chi connectivity index (χ2v) is 7.29. The maximum Gasteiger partial charge on any atom is 0.329 e. The van der Waals surface area contributed by atoms with Crippen LogP contribution in [0.5, 0.6) is 11.5 Å². The zero-order valence-corrected chi connectivity index (χ0v) is 18.8. The Kier molecular flexibility index (Phi) is 8.20. The molecule has 10 heteroatoms. The van der Waals surface area contributed by atoms with Crippen LogP contribution in [-0.2, 0) is 16.2 Å². The number of halogens is 1. The molecular weight excluding hydrogens is 460 g/mol. The maximum atomic E-state index is 12.0. The standard InChI is InChI=1S/C24H21ClN4O5/c1-33-21-12-15(6-11-20(21)34-14-17-4-2-3-5-19(17)25)13-27-29-24(32)23(31)28-18-9-7-16(8-10-18)22(26)30/h2-13H,14H2,1H3,(H2,26,30)(H,28,31)(H,29,32)/b27-13+. The van der Waals surface area contributed by atoms with Gasteiger partial charge in [-0.25, -0.2) is 5.43 Å². The topological polar surface area (TPSA) is 132 Å². The van der Waals surface area contributed by atoms with Crippen LogP contribution in [0.2, 0.25) is 5.02 Å². The fourth-order valence-electron chi connectivity index (χ4n) is 2.78. The lowest BCUT2D eigenvalue weighted by molar-refractivity contribution is -0.136. The van der Waals surface area contributed by atoms with E-state index < -0.39 is 17.7 Å². The summed E-state index contributed by atoms with van der Waals surface area (Å²) in [6.45, 7) is 0.264. The molecule has 0 radical (unpaired) electrons. The highest BCUT2D eigenvalue weighted by molar-refractivity contribution is 6.39. The minimum atomic E-state index is -0.970. The van der Waals surface area contributed by atoms with Crippen molar-refractivity contribution in [3.63, 3.8) is 0 Å². The molecule has 0 heterocycles. The van der Waals surface area contributed by atoms with Gasteiger partial charge in [0.2, 0.25) is 5.91 Å². The molecular formula is C24H21ClN4O5. The fraction of sp³-hybridized carbons (Fsp3) is 0.0833. The van der Waals surface area contributed by atoms with Gasteiger partial charge >= 0.3 is 11.8 Å². The largest absolute Gasteiger partial charge is 0.493 e. The molecule has 0 fully saturated rings. The Bertz CT molecular complexity index is 1230. The average Bonchev–Trinajstić information content (AvgIpc) is 2.84. The van der Waals surface area contributed by atoms with Crippen molar-refractivity contribution in [1.82, 2.24) is 5.43 Å². The van der Waals surface area contributed by atoms with Gasteiger partial charge in [-0.15, -0.1) is 0 Å². The van der Waals surface area contributed by atoms with Gasteiger partial charge in [0, 0.05) is 21.8 Å². The van der Waals surface area contributed by atoms with Gasteiger partial charge in [0.15, 0.2) is 11.5 Å². The molecule has 0 atom stereocenters. The van der Waals surface area contributed by atoms with Crippen LogP contribution in [-0.4, -0.2) is 31.0 Å². The van der Waals surface area contributed by atoms with Gasteiger partial charge in [0.25, 0.3) is 0 Å². The van der Waals surface area contributed by atoms with Crippen LogP contribution in [0.25, 0.3) is 0 Å². The van der Waals surface area contributed by atoms with Crippen molar-refractivity contribution in [3.05, 3.63) is 88.4 Å². The lowest BCUT2D eigenvalue weighted by atomic mass is 10.2. The van der Waals surface area contributed by atoms with E-state index in [1.165, 1.54) is 37.6 Å². The van der Waals surface area contributed by atoms with Crippen molar-refractivity contribution in [2.45, 2.75) is 6.61 Å². The number of anilines is 1. The van der Waals surface area contributed by atoms with Gasteiger partial charge < -0.3 is 20.5 Å². The first-order chi connectivity index (χ1) is 16.4. The molecule has 3 rings (SSSR count). The molecule has 0 saturated heterocycles. The van der Waals surface area contributed by atoms with Crippen LogP contribution in [0.4, 0.5) is 5.69 Å². The Balaban J connectivity index is 1.56. The third-order valence-electron chi connectivity index (χ3n) is 4.54. The molecule has 4 N–H and O–H groups in total. The maximum absolute atomic E-state index is 12.0. The summed E-state index contributed by atoms with van der Waals surface area (Å²) in [5, 5.41) is 6.79. The second kappa shape index (κ2) is 11.5. The Labute approximate surface area is 200 Å². The zero-order valence-electron chi connectivity index (χ0n) is 18.1. The number of rotatable bonds is 8. The molecule has 3 aromatic carbocycles. The van der Waals surface area contributed by atoms with Gasteiger partial charge in [0.1, 0.15) is 6.61 Å². The molecule has 0 aromatic heterocycles. The Hall–Kier alpha value is -4.37. The summed E-state index contributed by atoms with van der Waals surface area (Å²) in [7, 11) is 1.50. The molecule has 34 heavy (non-hydrogen) atoms. The average molecular weight is 481 g/mol. The van der Waals surface area contributed by atoms with Crippen molar-refractivity contribution < 1.29 is 23.9 Å². The molecule has 0 aliphatic heterocycles. The number of methoxy groups -OCH3 is 1. The van der Waals surface area contributed by atoms with Crippen molar-refractivity contribution in [1.29, 1.82) is 0 Å². The van der Waals surface area contributed by atoms with Crippen molar-refractivity contribution in [2.24, 2.45) is 10.8 Å². The number of ether oxygens (including phenoxy) is 2. The van der Waals surface area contributed by atoms with Crippen molar-refractivity contribution in [2.75, 3.05) is 12.4 Å². The molecule has 0 aliphatic rings. The third kappa shape index (κ3) is 6.57. The number of carbonyl (C=O) groups is 3. The lowest BCUT2D eigenvalue weighted by Crippen LogP contribution is -2.32. The number of hydrogen-bond acceptors (Lipinski definition) is 6. The summed E-state index contributed by atoms with van der Waals surface area (Å²) in [4.78, 5) is 35.0. The lowest BCUT2D eigenvalue weighted by Gasteiger charge is -2.12. The Morgan fingerprint density at radius 1 is 1.00 bits per heavy atom. The molecule has 3 aromatic rings. The summed E-state index contributed by atoms with van der Waals surface area (Å²) in [5.74, 6) is -1.53. The number of carbonyl (C=O) groups excluding carboxylic acids is 3. The summed E-state index contributed by atoms with van der Waals surface area (Å²) in [6, 6.07) is 18.2. The number of nitrogens with one attached hydrogen (secondary N) is 2. The molecule has 0 unspecified atom stereocenters. The van der Waals surface area contributed by atoms with Gasteiger partial charge in [0.05, 0.1) is 13.3 Å². The number of nitrogens with two attached hydrogens (primary N) is 1. The number of nitrogens with zero attached hydrogens (tertiary/aromatic N) is 1. The summed E-state index contributed by atoms with van der Waals surface area (Å²) < 4.78 is 11.2.